The van der Waals surface area contributed by atoms with Crippen LogP contribution in [0.1, 0.15) is 22.8 Å². The van der Waals surface area contributed by atoms with Gasteiger partial charge in [-0.2, -0.15) is 0 Å². The van der Waals surface area contributed by atoms with Gasteiger partial charge in [0, 0.05) is 57.9 Å². The number of nitrogens with zero attached hydrogens (tertiary/aromatic N) is 6. The second-order valence-electron chi connectivity index (χ2n) is 7.82. The van der Waals surface area contributed by atoms with E-state index < -0.39 is 0 Å². The van der Waals surface area contributed by atoms with Gasteiger partial charge in [0.15, 0.2) is 11.6 Å². The standard InChI is InChI=1S/C22H30N6O/c1-3-25-10-12-26(13-11-25)20-8-9-21(24-23-20)27-14-16-28(17-15-27)22(29)19-6-4-18(2)5-7-19/h4-9H,3,10-17H2,1-2H3. The Morgan fingerprint density at radius 2 is 1.31 bits per heavy atom. The van der Waals surface area contributed by atoms with E-state index in [-0.39, 0.29) is 5.91 Å². The number of carbonyl (C=O) groups is 1. The van der Waals surface area contributed by atoms with Crippen molar-refractivity contribution in [3.8, 4) is 0 Å². The van der Waals surface area contributed by atoms with Crippen LogP contribution in [0.5, 0.6) is 0 Å². The van der Waals surface area contributed by atoms with Crippen molar-refractivity contribution in [2.24, 2.45) is 0 Å². The summed E-state index contributed by atoms with van der Waals surface area (Å²) in [6.07, 6.45) is 0. The lowest BCUT2D eigenvalue weighted by molar-refractivity contribution is 0.0746. The predicted octanol–water partition coefficient (Wildman–Crippen LogP) is 1.89. The lowest BCUT2D eigenvalue weighted by Gasteiger charge is -2.36. The van der Waals surface area contributed by atoms with Gasteiger partial charge in [-0.05, 0) is 37.7 Å². The lowest BCUT2D eigenvalue weighted by Crippen LogP contribution is -2.49. The third kappa shape index (κ3) is 4.50. The Balaban J connectivity index is 1.32. The molecule has 2 aliphatic heterocycles. The molecule has 7 nitrogen and oxygen atoms in total. The van der Waals surface area contributed by atoms with Gasteiger partial charge in [0.2, 0.25) is 0 Å². The van der Waals surface area contributed by atoms with Crippen molar-refractivity contribution in [3.05, 3.63) is 47.5 Å². The number of hydrogen-bond donors (Lipinski definition) is 0. The molecular weight excluding hydrogens is 364 g/mol. The number of likely N-dealkylation sites (N-methyl/N-ethyl adjacent to an activating group) is 1. The molecule has 29 heavy (non-hydrogen) atoms. The largest absolute Gasteiger partial charge is 0.353 e. The van der Waals surface area contributed by atoms with Crippen molar-refractivity contribution in [1.29, 1.82) is 0 Å². The van der Waals surface area contributed by atoms with Crippen LogP contribution in [0.25, 0.3) is 0 Å². The van der Waals surface area contributed by atoms with Crippen LogP contribution in [0, 0.1) is 6.92 Å². The summed E-state index contributed by atoms with van der Waals surface area (Å²) in [5.74, 6) is 1.96. The highest BCUT2D eigenvalue weighted by Crippen LogP contribution is 2.18. The van der Waals surface area contributed by atoms with Crippen molar-refractivity contribution in [2.45, 2.75) is 13.8 Å². The third-order valence-electron chi connectivity index (χ3n) is 5.97. The maximum absolute atomic E-state index is 12.7. The van der Waals surface area contributed by atoms with Crippen LogP contribution in [0.2, 0.25) is 0 Å². The fourth-order valence-electron chi connectivity index (χ4n) is 3.97. The minimum atomic E-state index is 0.109. The molecule has 2 saturated heterocycles. The molecule has 2 aromatic rings. The summed E-state index contributed by atoms with van der Waals surface area (Å²) < 4.78 is 0. The molecule has 0 atom stereocenters. The van der Waals surface area contributed by atoms with Gasteiger partial charge in [0.05, 0.1) is 0 Å². The molecule has 2 fully saturated rings. The monoisotopic (exact) mass is 394 g/mol. The minimum absolute atomic E-state index is 0.109. The highest BCUT2D eigenvalue weighted by atomic mass is 16.2. The van der Waals surface area contributed by atoms with Gasteiger partial charge in [-0.25, -0.2) is 0 Å². The van der Waals surface area contributed by atoms with Crippen LogP contribution in [0.4, 0.5) is 11.6 Å². The van der Waals surface area contributed by atoms with E-state index in [1.54, 1.807) is 0 Å². The molecule has 0 radical (unpaired) electrons. The van der Waals surface area contributed by atoms with Crippen molar-refractivity contribution in [1.82, 2.24) is 20.0 Å². The maximum Gasteiger partial charge on any atom is 0.253 e. The molecule has 3 heterocycles. The van der Waals surface area contributed by atoms with E-state index in [0.29, 0.717) is 13.1 Å². The molecule has 154 valence electrons. The smallest absolute Gasteiger partial charge is 0.253 e. The topological polar surface area (TPSA) is 55.8 Å². The first-order valence-electron chi connectivity index (χ1n) is 10.6. The number of benzene rings is 1. The number of hydrogen-bond acceptors (Lipinski definition) is 6. The summed E-state index contributed by atoms with van der Waals surface area (Å²) in [6.45, 7) is 12.5. The molecule has 1 aromatic carbocycles. The van der Waals surface area contributed by atoms with Crippen LogP contribution < -0.4 is 9.80 Å². The Hall–Kier alpha value is -2.67. The summed E-state index contributed by atoms with van der Waals surface area (Å²) in [5, 5.41) is 8.95. The van der Waals surface area contributed by atoms with E-state index in [4.69, 9.17) is 0 Å². The Kier molecular flexibility index (Phi) is 5.94. The lowest BCUT2D eigenvalue weighted by atomic mass is 10.1. The molecule has 2 aliphatic rings. The normalized spacial score (nSPS) is 18.2. The molecule has 1 aromatic heterocycles. The first-order chi connectivity index (χ1) is 14.1. The molecule has 0 spiro atoms. The SMILES string of the molecule is CCN1CCN(c2ccc(N3CCN(C(=O)c4ccc(C)cc4)CC3)nn2)CC1. The summed E-state index contributed by atoms with van der Waals surface area (Å²) in [5.41, 5.74) is 1.93. The van der Waals surface area contributed by atoms with Crippen LogP contribution in [-0.4, -0.2) is 84.8 Å². The molecule has 0 bridgehead atoms. The fourth-order valence-corrected chi connectivity index (χ4v) is 3.97. The molecule has 0 N–H and O–H groups in total. The average molecular weight is 395 g/mol. The number of amides is 1. The van der Waals surface area contributed by atoms with Gasteiger partial charge in [0.1, 0.15) is 0 Å². The molecule has 1 amide bonds. The molecule has 0 unspecified atom stereocenters. The van der Waals surface area contributed by atoms with Crippen LogP contribution >= 0.6 is 0 Å². The number of rotatable bonds is 4. The minimum Gasteiger partial charge on any atom is -0.353 e. The zero-order valence-electron chi connectivity index (χ0n) is 17.4. The van der Waals surface area contributed by atoms with Gasteiger partial charge >= 0.3 is 0 Å². The third-order valence-corrected chi connectivity index (χ3v) is 5.97. The zero-order valence-corrected chi connectivity index (χ0v) is 17.4. The van der Waals surface area contributed by atoms with Gasteiger partial charge in [0.25, 0.3) is 5.91 Å². The first kappa shape index (κ1) is 19.6. The number of piperazine rings is 2. The Labute approximate surface area is 172 Å². The van der Waals surface area contributed by atoms with E-state index in [1.165, 1.54) is 5.56 Å². The quantitative estimate of drug-likeness (QED) is 0.789. The van der Waals surface area contributed by atoms with E-state index in [0.717, 1.165) is 63.0 Å². The van der Waals surface area contributed by atoms with Gasteiger partial charge in [-0.15, -0.1) is 10.2 Å². The van der Waals surface area contributed by atoms with E-state index in [2.05, 4.69) is 44.0 Å². The predicted molar refractivity (Wildman–Crippen MR) is 116 cm³/mol. The summed E-state index contributed by atoms with van der Waals surface area (Å²) in [7, 11) is 0. The number of aryl methyl sites for hydroxylation is 1. The van der Waals surface area contributed by atoms with E-state index in [9.17, 15) is 4.79 Å². The number of anilines is 2. The van der Waals surface area contributed by atoms with E-state index in [1.807, 2.05) is 36.1 Å². The highest BCUT2D eigenvalue weighted by molar-refractivity contribution is 5.94. The van der Waals surface area contributed by atoms with Crippen molar-refractivity contribution in [2.75, 3.05) is 68.7 Å². The zero-order chi connectivity index (χ0) is 20.2. The first-order valence-corrected chi connectivity index (χ1v) is 10.6. The Morgan fingerprint density at radius 3 is 1.79 bits per heavy atom. The van der Waals surface area contributed by atoms with Crippen molar-refractivity contribution >= 4 is 17.5 Å². The second-order valence-corrected chi connectivity index (χ2v) is 7.82. The molecule has 4 rings (SSSR count). The van der Waals surface area contributed by atoms with Crippen LogP contribution in [0.3, 0.4) is 0 Å². The second kappa shape index (κ2) is 8.78. The molecular formula is C22H30N6O. The number of aromatic nitrogens is 2. The maximum atomic E-state index is 12.7. The summed E-state index contributed by atoms with van der Waals surface area (Å²) >= 11 is 0. The van der Waals surface area contributed by atoms with Crippen molar-refractivity contribution < 1.29 is 4.79 Å². The average Bonchev–Trinajstić information content (AvgIpc) is 2.79. The van der Waals surface area contributed by atoms with Gasteiger partial charge < -0.3 is 19.6 Å². The van der Waals surface area contributed by atoms with Crippen molar-refractivity contribution in [3.63, 3.8) is 0 Å². The summed E-state index contributed by atoms with van der Waals surface area (Å²) in [6, 6.07) is 11.9. The molecule has 7 heteroatoms. The molecule has 0 aliphatic carbocycles. The van der Waals surface area contributed by atoms with Gasteiger partial charge in [-0.1, -0.05) is 24.6 Å². The van der Waals surface area contributed by atoms with Crippen LogP contribution in [-0.2, 0) is 0 Å². The summed E-state index contributed by atoms with van der Waals surface area (Å²) in [4.78, 5) is 21.6. The van der Waals surface area contributed by atoms with E-state index >= 15 is 0 Å². The molecule has 0 saturated carbocycles. The van der Waals surface area contributed by atoms with Gasteiger partial charge in [-0.3, -0.25) is 4.79 Å². The fraction of sp³-hybridized carbons (Fsp3) is 0.500. The number of carbonyl (C=O) groups excluding carboxylic acids is 1. The van der Waals surface area contributed by atoms with Crippen LogP contribution in [0.15, 0.2) is 36.4 Å². The Bertz CT molecular complexity index is 806. The highest BCUT2D eigenvalue weighted by Gasteiger charge is 2.23. The Morgan fingerprint density at radius 1 is 0.793 bits per heavy atom.